The Morgan fingerprint density at radius 3 is 3.07 bits per heavy atom. The second-order valence-electron chi connectivity index (χ2n) is 3.31. The lowest BCUT2D eigenvalue weighted by molar-refractivity contribution is 0.763. The molecule has 0 saturated carbocycles. The molecule has 0 spiro atoms. The third-order valence-electron chi connectivity index (χ3n) is 2.14. The van der Waals surface area contributed by atoms with Crippen LogP contribution in [0, 0.1) is 6.92 Å². The molecule has 5 heteroatoms. The van der Waals surface area contributed by atoms with Crippen LogP contribution in [0.4, 0.5) is 5.95 Å². The van der Waals surface area contributed by atoms with Crippen molar-refractivity contribution in [3.63, 3.8) is 0 Å². The van der Waals surface area contributed by atoms with E-state index in [0.29, 0.717) is 0 Å². The fourth-order valence-electron chi connectivity index (χ4n) is 1.42. The van der Waals surface area contributed by atoms with Crippen molar-refractivity contribution >= 4 is 17.3 Å². The number of hydrogen-bond acceptors (Lipinski definition) is 4. The van der Waals surface area contributed by atoms with Crippen LogP contribution in [0.5, 0.6) is 0 Å². The summed E-state index contributed by atoms with van der Waals surface area (Å²) >= 11 is 1.65. The van der Waals surface area contributed by atoms with Gasteiger partial charge in [-0.2, -0.15) is 0 Å². The van der Waals surface area contributed by atoms with E-state index in [4.69, 9.17) is 0 Å². The van der Waals surface area contributed by atoms with Crippen LogP contribution in [0.25, 0.3) is 0 Å². The predicted molar refractivity (Wildman–Crippen MR) is 62.1 cm³/mol. The van der Waals surface area contributed by atoms with Gasteiger partial charge in [0.2, 0.25) is 5.95 Å². The summed E-state index contributed by atoms with van der Waals surface area (Å²) in [4.78, 5) is 9.67. The highest BCUT2D eigenvalue weighted by atomic mass is 32.1. The summed E-state index contributed by atoms with van der Waals surface area (Å²) < 4.78 is 2.11. The molecule has 0 fully saturated rings. The van der Waals surface area contributed by atoms with E-state index in [1.54, 1.807) is 11.3 Å². The van der Waals surface area contributed by atoms with Gasteiger partial charge in [-0.15, -0.1) is 11.3 Å². The Morgan fingerprint density at radius 2 is 2.40 bits per heavy atom. The first kappa shape index (κ1) is 10.2. The van der Waals surface area contributed by atoms with Crippen molar-refractivity contribution in [1.82, 2.24) is 14.5 Å². The molecule has 1 N–H and O–H groups in total. The molecule has 0 aliphatic carbocycles. The van der Waals surface area contributed by atoms with Crippen molar-refractivity contribution in [2.45, 2.75) is 26.9 Å². The van der Waals surface area contributed by atoms with Gasteiger partial charge in [-0.05, 0) is 13.8 Å². The largest absolute Gasteiger partial charge is 0.351 e. The molecule has 0 aliphatic heterocycles. The van der Waals surface area contributed by atoms with E-state index in [0.717, 1.165) is 24.7 Å². The van der Waals surface area contributed by atoms with Gasteiger partial charge in [0.1, 0.15) is 0 Å². The minimum absolute atomic E-state index is 0.793. The lowest BCUT2D eigenvalue weighted by Gasteiger charge is -2.05. The Bertz CT molecular complexity index is 419. The van der Waals surface area contributed by atoms with Crippen molar-refractivity contribution in [3.05, 3.63) is 28.5 Å². The molecule has 0 aromatic carbocycles. The molecule has 2 heterocycles. The Balaban J connectivity index is 2.04. The molecular weight excluding hydrogens is 208 g/mol. The molecule has 0 unspecified atom stereocenters. The molecule has 4 nitrogen and oxygen atoms in total. The molecular formula is C10H14N4S. The monoisotopic (exact) mass is 222 g/mol. The molecule has 0 aliphatic rings. The maximum atomic E-state index is 4.42. The van der Waals surface area contributed by atoms with E-state index < -0.39 is 0 Å². The zero-order valence-corrected chi connectivity index (χ0v) is 9.71. The van der Waals surface area contributed by atoms with Crippen molar-refractivity contribution < 1.29 is 0 Å². The standard InChI is InChI=1S/C10H14N4S/c1-3-14-6-8(2)13-10(14)12-5-9-4-11-7-15-9/h4,6-7H,3,5H2,1-2H3,(H,12,13). The summed E-state index contributed by atoms with van der Waals surface area (Å²) in [5.41, 5.74) is 2.89. The van der Waals surface area contributed by atoms with Gasteiger partial charge in [0, 0.05) is 23.8 Å². The highest BCUT2D eigenvalue weighted by molar-refractivity contribution is 7.09. The summed E-state index contributed by atoms with van der Waals surface area (Å²) in [6.07, 6.45) is 3.93. The lowest BCUT2D eigenvalue weighted by atomic mass is 10.5. The smallest absolute Gasteiger partial charge is 0.203 e. The maximum Gasteiger partial charge on any atom is 0.203 e. The number of aromatic nitrogens is 3. The summed E-state index contributed by atoms with van der Waals surface area (Å²) in [6.45, 7) is 5.84. The van der Waals surface area contributed by atoms with Crippen LogP contribution in [-0.4, -0.2) is 14.5 Å². The van der Waals surface area contributed by atoms with Gasteiger partial charge in [-0.25, -0.2) is 4.98 Å². The molecule has 2 rings (SSSR count). The van der Waals surface area contributed by atoms with Crippen LogP contribution in [0.3, 0.4) is 0 Å². The number of nitrogens with zero attached hydrogens (tertiary/aromatic N) is 3. The van der Waals surface area contributed by atoms with Crippen molar-refractivity contribution in [1.29, 1.82) is 0 Å². The number of hydrogen-bond donors (Lipinski definition) is 1. The number of imidazole rings is 1. The van der Waals surface area contributed by atoms with Gasteiger partial charge < -0.3 is 9.88 Å². The molecule has 80 valence electrons. The topological polar surface area (TPSA) is 42.7 Å². The number of anilines is 1. The summed E-state index contributed by atoms with van der Waals surface area (Å²) in [6, 6.07) is 0. The van der Waals surface area contributed by atoms with E-state index in [2.05, 4.69) is 33.0 Å². The maximum absolute atomic E-state index is 4.42. The van der Waals surface area contributed by atoms with Crippen molar-refractivity contribution in [2.75, 3.05) is 5.32 Å². The van der Waals surface area contributed by atoms with Crippen LogP contribution in [-0.2, 0) is 13.1 Å². The molecule has 0 radical (unpaired) electrons. The summed E-state index contributed by atoms with van der Waals surface area (Å²) in [5.74, 6) is 0.934. The van der Waals surface area contributed by atoms with E-state index in [-0.39, 0.29) is 0 Å². The van der Waals surface area contributed by atoms with Gasteiger partial charge in [0.15, 0.2) is 0 Å². The normalized spacial score (nSPS) is 10.5. The summed E-state index contributed by atoms with van der Waals surface area (Å²) in [5, 5.41) is 3.31. The Labute approximate surface area is 93.0 Å². The Hall–Kier alpha value is -1.36. The van der Waals surface area contributed by atoms with Gasteiger partial charge in [-0.3, -0.25) is 4.98 Å². The van der Waals surface area contributed by atoms with Gasteiger partial charge in [0.05, 0.1) is 17.7 Å². The van der Waals surface area contributed by atoms with Crippen LogP contribution in [0.1, 0.15) is 17.5 Å². The van der Waals surface area contributed by atoms with E-state index in [9.17, 15) is 0 Å². The van der Waals surface area contributed by atoms with Crippen LogP contribution < -0.4 is 5.32 Å². The molecule has 0 amide bonds. The van der Waals surface area contributed by atoms with Gasteiger partial charge >= 0.3 is 0 Å². The number of aryl methyl sites for hydroxylation is 2. The SMILES string of the molecule is CCn1cc(C)nc1NCc1cncs1. The second-order valence-corrected chi connectivity index (χ2v) is 4.28. The highest BCUT2D eigenvalue weighted by Crippen LogP contribution is 2.11. The zero-order chi connectivity index (χ0) is 10.7. The minimum atomic E-state index is 0.793. The molecule has 2 aromatic heterocycles. The fraction of sp³-hybridized carbons (Fsp3) is 0.400. The second kappa shape index (κ2) is 4.44. The zero-order valence-electron chi connectivity index (χ0n) is 8.90. The fourth-order valence-corrected chi connectivity index (χ4v) is 1.96. The van der Waals surface area contributed by atoms with Gasteiger partial charge in [-0.1, -0.05) is 0 Å². The average Bonchev–Trinajstić information content (AvgIpc) is 2.83. The first-order valence-electron chi connectivity index (χ1n) is 4.94. The van der Waals surface area contributed by atoms with E-state index in [1.807, 2.05) is 18.6 Å². The van der Waals surface area contributed by atoms with Crippen molar-refractivity contribution in [3.8, 4) is 0 Å². The van der Waals surface area contributed by atoms with Crippen LogP contribution in [0.15, 0.2) is 17.9 Å². The van der Waals surface area contributed by atoms with Crippen LogP contribution in [0.2, 0.25) is 0 Å². The third kappa shape index (κ3) is 2.36. The van der Waals surface area contributed by atoms with Gasteiger partial charge in [0.25, 0.3) is 0 Å². The minimum Gasteiger partial charge on any atom is -0.351 e. The summed E-state index contributed by atoms with van der Waals surface area (Å²) in [7, 11) is 0. The molecule has 15 heavy (non-hydrogen) atoms. The molecule has 0 saturated heterocycles. The molecule has 2 aromatic rings. The molecule has 0 bridgehead atoms. The van der Waals surface area contributed by atoms with E-state index >= 15 is 0 Å². The average molecular weight is 222 g/mol. The quantitative estimate of drug-likeness (QED) is 0.863. The molecule has 0 atom stereocenters. The first-order chi connectivity index (χ1) is 7.29. The Kier molecular flexibility index (Phi) is 3.01. The van der Waals surface area contributed by atoms with Crippen molar-refractivity contribution in [2.24, 2.45) is 0 Å². The van der Waals surface area contributed by atoms with E-state index in [1.165, 1.54) is 4.88 Å². The third-order valence-corrected chi connectivity index (χ3v) is 2.92. The Morgan fingerprint density at radius 1 is 1.53 bits per heavy atom. The predicted octanol–water partition coefficient (Wildman–Crippen LogP) is 2.28. The number of rotatable bonds is 4. The highest BCUT2D eigenvalue weighted by Gasteiger charge is 2.03. The van der Waals surface area contributed by atoms with Crippen LogP contribution >= 0.6 is 11.3 Å². The number of nitrogens with one attached hydrogen (secondary N) is 1. The first-order valence-corrected chi connectivity index (χ1v) is 5.82. The lowest BCUT2D eigenvalue weighted by Crippen LogP contribution is -2.05. The number of thiazole rings is 1.